The summed E-state index contributed by atoms with van der Waals surface area (Å²) in [7, 11) is 0. The molecule has 0 atom stereocenters. The fourth-order valence-electron chi connectivity index (χ4n) is 1.24. The van der Waals surface area contributed by atoms with Gasteiger partial charge in [0.05, 0.1) is 0 Å². The highest BCUT2D eigenvalue weighted by atomic mass is 16.8. The Labute approximate surface area is 72.4 Å². The third kappa shape index (κ3) is 1.44. The lowest BCUT2D eigenvalue weighted by atomic mass is 10.0. The first-order chi connectivity index (χ1) is 5.47. The Hall–Kier alpha value is -0.990. The lowest BCUT2D eigenvalue weighted by molar-refractivity contribution is 0.0871. The molecule has 0 radical (unpaired) electrons. The van der Waals surface area contributed by atoms with Crippen LogP contribution in [0, 0.1) is 0 Å². The van der Waals surface area contributed by atoms with E-state index < -0.39 is 11.8 Å². The van der Waals surface area contributed by atoms with Crippen LogP contribution in [0.15, 0.2) is 11.3 Å². The van der Waals surface area contributed by atoms with Crippen molar-refractivity contribution in [3.05, 3.63) is 11.3 Å². The molecule has 3 nitrogen and oxygen atoms in total. The molecule has 0 unspecified atom stereocenters. The van der Waals surface area contributed by atoms with Crippen molar-refractivity contribution in [2.45, 2.75) is 39.7 Å². The maximum absolute atomic E-state index is 10.8. The van der Waals surface area contributed by atoms with E-state index in [2.05, 4.69) is 0 Å². The van der Waals surface area contributed by atoms with Crippen molar-refractivity contribution >= 4 is 6.16 Å². The third-order valence-electron chi connectivity index (χ3n) is 1.99. The van der Waals surface area contributed by atoms with Gasteiger partial charge in [-0.15, -0.1) is 0 Å². The summed E-state index contributed by atoms with van der Waals surface area (Å²) in [6.07, 6.45) is 0.276. The molecule has 0 saturated carbocycles. The number of hydrogen-bond donors (Lipinski definition) is 0. The van der Waals surface area contributed by atoms with Crippen LogP contribution in [-0.2, 0) is 9.47 Å². The van der Waals surface area contributed by atoms with E-state index in [1.807, 2.05) is 27.7 Å². The Morgan fingerprint density at radius 2 is 2.08 bits per heavy atom. The molecule has 1 aliphatic heterocycles. The number of carbonyl (C=O) groups excluding carboxylic acids is 1. The molecule has 0 spiro atoms. The van der Waals surface area contributed by atoms with Gasteiger partial charge in [0, 0.05) is 0 Å². The van der Waals surface area contributed by atoms with Crippen LogP contribution in [0.5, 0.6) is 0 Å². The second kappa shape index (κ2) is 2.81. The lowest BCUT2D eigenvalue weighted by Gasteiger charge is -2.15. The molecule has 3 heteroatoms. The average Bonchev–Trinajstić information content (AvgIpc) is 2.23. The average molecular weight is 170 g/mol. The monoisotopic (exact) mass is 170 g/mol. The summed E-state index contributed by atoms with van der Waals surface area (Å²) in [6.45, 7) is 7.61. The molecule has 0 amide bonds. The van der Waals surface area contributed by atoms with Gasteiger partial charge in [0.2, 0.25) is 0 Å². The summed E-state index contributed by atoms with van der Waals surface area (Å²) < 4.78 is 9.91. The van der Waals surface area contributed by atoms with Gasteiger partial charge in [-0.1, -0.05) is 6.92 Å². The number of cyclic esters (lactones) is 2. The molecular weight excluding hydrogens is 156 g/mol. The Morgan fingerprint density at radius 3 is 2.42 bits per heavy atom. The van der Waals surface area contributed by atoms with E-state index in [0.717, 1.165) is 12.0 Å². The summed E-state index contributed by atoms with van der Waals surface area (Å²) in [4.78, 5) is 10.8. The van der Waals surface area contributed by atoms with E-state index in [4.69, 9.17) is 9.47 Å². The lowest BCUT2D eigenvalue weighted by Crippen LogP contribution is -2.21. The Balaban J connectivity index is 2.99. The third-order valence-corrected chi connectivity index (χ3v) is 1.99. The summed E-state index contributed by atoms with van der Waals surface area (Å²) in [5.41, 5.74) is 0.475. The first kappa shape index (κ1) is 9.10. The standard InChI is InChI=1S/C9H14O3/c1-5-6(2)7-9(3,4)12-8(10)11-7/h5H2,1-4H3/b7-6+. The predicted molar refractivity (Wildman–Crippen MR) is 44.6 cm³/mol. The summed E-state index contributed by atoms with van der Waals surface area (Å²) in [5, 5.41) is 0. The molecule has 0 aliphatic carbocycles. The number of rotatable bonds is 1. The van der Waals surface area contributed by atoms with Gasteiger partial charge in [0.1, 0.15) is 0 Å². The van der Waals surface area contributed by atoms with Gasteiger partial charge in [0.25, 0.3) is 0 Å². The number of allylic oxidation sites excluding steroid dienone is 1. The van der Waals surface area contributed by atoms with Crippen LogP contribution in [0.2, 0.25) is 0 Å². The first-order valence-corrected chi connectivity index (χ1v) is 4.08. The molecule has 0 aromatic heterocycles. The molecule has 68 valence electrons. The van der Waals surface area contributed by atoms with E-state index in [1.54, 1.807) is 0 Å². The van der Waals surface area contributed by atoms with Crippen LogP contribution in [0.1, 0.15) is 34.1 Å². The summed E-state index contributed by atoms with van der Waals surface area (Å²) in [6, 6.07) is 0. The van der Waals surface area contributed by atoms with Crippen molar-refractivity contribution in [2.75, 3.05) is 0 Å². The molecule has 0 aromatic rings. The van der Waals surface area contributed by atoms with Gasteiger partial charge in [0.15, 0.2) is 11.4 Å². The molecule has 0 N–H and O–H groups in total. The van der Waals surface area contributed by atoms with E-state index in [9.17, 15) is 4.79 Å². The number of hydrogen-bond acceptors (Lipinski definition) is 3. The molecule has 1 rings (SSSR count). The second-order valence-corrected chi connectivity index (χ2v) is 3.43. The largest absolute Gasteiger partial charge is 0.514 e. The Kier molecular flexibility index (Phi) is 2.13. The molecular formula is C9H14O3. The zero-order chi connectivity index (χ0) is 9.35. The molecule has 12 heavy (non-hydrogen) atoms. The van der Waals surface area contributed by atoms with Gasteiger partial charge < -0.3 is 9.47 Å². The van der Waals surface area contributed by atoms with Gasteiger partial charge in [-0.3, -0.25) is 0 Å². The van der Waals surface area contributed by atoms with Crippen molar-refractivity contribution in [1.82, 2.24) is 0 Å². The van der Waals surface area contributed by atoms with Crippen molar-refractivity contribution in [3.8, 4) is 0 Å². The van der Waals surface area contributed by atoms with Crippen molar-refractivity contribution in [1.29, 1.82) is 0 Å². The van der Waals surface area contributed by atoms with Gasteiger partial charge >= 0.3 is 6.16 Å². The number of ether oxygens (including phenoxy) is 2. The molecule has 1 saturated heterocycles. The van der Waals surface area contributed by atoms with Crippen molar-refractivity contribution in [2.24, 2.45) is 0 Å². The quantitative estimate of drug-likeness (QED) is 0.567. The van der Waals surface area contributed by atoms with Gasteiger partial charge in [-0.2, -0.15) is 0 Å². The maximum atomic E-state index is 10.8. The van der Waals surface area contributed by atoms with E-state index in [-0.39, 0.29) is 0 Å². The fourth-order valence-corrected chi connectivity index (χ4v) is 1.24. The van der Waals surface area contributed by atoms with E-state index in [1.165, 1.54) is 0 Å². The molecule has 1 fully saturated rings. The normalized spacial score (nSPS) is 24.8. The molecule has 0 aromatic carbocycles. The zero-order valence-electron chi connectivity index (χ0n) is 7.93. The minimum atomic E-state index is -0.595. The van der Waals surface area contributed by atoms with Crippen LogP contribution < -0.4 is 0 Å². The van der Waals surface area contributed by atoms with Crippen LogP contribution in [0.25, 0.3) is 0 Å². The van der Waals surface area contributed by atoms with Crippen LogP contribution in [-0.4, -0.2) is 11.8 Å². The first-order valence-electron chi connectivity index (χ1n) is 4.08. The topological polar surface area (TPSA) is 35.5 Å². The maximum Gasteiger partial charge on any atom is 0.514 e. The zero-order valence-corrected chi connectivity index (χ0v) is 7.93. The smallest absolute Gasteiger partial charge is 0.420 e. The summed E-state index contributed by atoms with van der Waals surface area (Å²) in [5.74, 6) is 0.662. The number of carbonyl (C=O) groups is 1. The van der Waals surface area contributed by atoms with Crippen LogP contribution in [0.3, 0.4) is 0 Å². The highest BCUT2D eigenvalue weighted by Gasteiger charge is 2.40. The predicted octanol–water partition coefficient (Wildman–Crippen LogP) is 2.62. The minimum absolute atomic E-state index is 0.586. The van der Waals surface area contributed by atoms with Crippen molar-refractivity contribution < 1.29 is 14.3 Å². The van der Waals surface area contributed by atoms with Crippen LogP contribution >= 0.6 is 0 Å². The second-order valence-electron chi connectivity index (χ2n) is 3.43. The van der Waals surface area contributed by atoms with E-state index >= 15 is 0 Å². The molecule has 1 aliphatic rings. The van der Waals surface area contributed by atoms with Gasteiger partial charge in [-0.05, 0) is 32.8 Å². The molecule has 1 heterocycles. The summed E-state index contributed by atoms with van der Waals surface area (Å²) >= 11 is 0. The van der Waals surface area contributed by atoms with Gasteiger partial charge in [-0.25, -0.2) is 4.79 Å². The fraction of sp³-hybridized carbons (Fsp3) is 0.667. The molecule has 0 bridgehead atoms. The SMILES string of the molecule is CC/C(C)=C1/OC(=O)OC1(C)C. The van der Waals surface area contributed by atoms with Crippen LogP contribution in [0.4, 0.5) is 4.79 Å². The Morgan fingerprint density at radius 1 is 1.50 bits per heavy atom. The highest BCUT2D eigenvalue weighted by Crippen LogP contribution is 2.32. The minimum Gasteiger partial charge on any atom is -0.420 e. The Bertz CT molecular complexity index is 238. The highest BCUT2D eigenvalue weighted by molar-refractivity contribution is 5.66. The van der Waals surface area contributed by atoms with Crippen molar-refractivity contribution in [3.63, 3.8) is 0 Å². The van der Waals surface area contributed by atoms with E-state index in [0.29, 0.717) is 5.76 Å².